The fourth-order valence-electron chi connectivity index (χ4n) is 2.79. The summed E-state index contributed by atoms with van der Waals surface area (Å²) in [5.41, 5.74) is -0.0681. The third-order valence-electron chi connectivity index (χ3n) is 3.23. The topological polar surface area (TPSA) is 52.6 Å². The smallest absolute Gasteiger partial charge is 0.305 e. The molecule has 0 saturated heterocycles. The highest BCUT2D eigenvalue weighted by Crippen LogP contribution is 2.49. The van der Waals surface area contributed by atoms with E-state index in [1.165, 1.54) is 13.8 Å². The number of esters is 2. The molecule has 0 N–H and O–H groups in total. The number of carbonyl (C=O) groups excluding carboxylic acids is 2. The van der Waals surface area contributed by atoms with Crippen LogP contribution in [0.25, 0.3) is 0 Å². The Morgan fingerprint density at radius 1 is 1.12 bits per heavy atom. The van der Waals surface area contributed by atoms with Crippen LogP contribution in [0.15, 0.2) is 0 Å². The molecule has 98 valence electrons. The van der Waals surface area contributed by atoms with E-state index in [9.17, 15) is 9.59 Å². The Hall–Kier alpha value is -1.06. The molecule has 17 heavy (non-hydrogen) atoms. The highest BCUT2D eigenvalue weighted by Gasteiger charge is 2.53. The second kappa shape index (κ2) is 4.67. The van der Waals surface area contributed by atoms with Gasteiger partial charge in [-0.2, -0.15) is 0 Å². The molecule has 0 aromatic rings. The van der Waals surface area contributed by atoms with Gasteiger partial charge in [-0.15, -0.1) is 0 Å². The predicted molar refractivity (Wildman–Crippen MR) is 63.1 cm³/mol. The highest BCUT2D eigenvalue weighted by atomic mass is 16.7. The molecule has 0 aromatic carbocycles. The van der Waals surface area contributed by atoms with Crippen molar-refractivity contribution < 1.29 is 19.1 Å². The van der Waals surface area contributed by atoms with E-state index >= 15 is 0 Å². The molecule has 4 heteroatoms. The molecule has 1 aliphatic carbocycles. The van der Waals surface area contributed by atoms with Crippen LogP contribution in [0.2, 0.25) is 0 Å². The van der Waals surface area contributed by atoms with Gasteiger partial charge in [-0.1, -0.05) is 20.8 Å². The maximum atomic E-state index is 11.2. The lowest BCUT2D eigenvalue weighted by Gasteiger charge is -2.40. The van der Waals surface area contributed by atoms with Gasteiger partial charge in [0.15, 0.2) is 0 Å². The molecule has 0 heterocycles. The molecule has 4 nitrogen and oxygen atoms in total. The number of hydrogen-bond acceptors (Lipinski definition) is 4. The zero-order chi connectivity index (χ0) is 13.3. The third kappa shape index (κ3) is 3.20. The average Bonchev–Trinajstić information content (AvgIpc) is 2.43. The first-order valence-electron chi connectivity index (χ1n) is 6.06. The summed E-state index contributed by atoms with van der Waals surface area (Å²) in [5, 5.41) is 0. The van der Waals surface area contributed by atoms with E-state index < -0.39 is 17.7 Å². The minimum absolute atomic E-state index is 0.0443. The van der Waals surface area contributed by atoms with E-state index in [0.29, 0.717) is 6.42 Å². The van der Waals surface area contributed by atoms with Gasteiger partial charge in [-0.3, -0.25) is 9.59 Å². The quantitative estimate of drug-likeness (QED) is 0.552. The molecule has 1 unspecified atom stereocenters. The van der Waals surface area contributed by atoms with Gasteiger partial charge >= 0.3 is 11.9 Å². The highest BCUT2D eigenvalue weighted by molar-refractivity contribution is 5.69. The molecule has 1 fully saturated rings. The van der Waals surface area contributed by atoms with E-state index in [0.717, 1.165) is 12.8 Å². The average molecular weight is 242 g/mol. The molecule has 0 aromatic heterocycles. The lowest BCUT2D eigenvalue weighted by molar-refractivity contribution is -0.249. The lowest BCUT2D eigenvalue weighted by Crippen LogP contribution is -2.47. The molecule has 1 saturated carbocycles. The van der Waals surface area contributed by atoms with Crippen molar-refractivity contribution in [2.45, 2.75) is 59.7 Å². The van der Waals surface area contributed by atoms with Crippen molar-refractivity contribution in [1.29, 1.82) is 0 Å². The first kappa shape index (κ1) is 14.0. The van der Waals surface area contributed by atoms with Gasteiger partial charge in [0.05, 0.1) is 0 Å². The van der Waals surface area contributed by atoms with Crippen LogP contribution in [0.3, 0.4) is 0 Å². The van der Waals surface area contributed by atoms with Crippen molar-refractivity contribution in [1.82, 2.24) is 0 Å². The van der Waals surface area contributed by atoms with Crippen LogP contribution in [0, 0.1) is 11.3 Å². The number of rotatable bonds is 2. The fourth-order valence-corrected chi connectivity index (χ4v) is 2.79. The molecule has 1 atom stereocenters. The van der Waals surface area contributed by atoms with Gasteiger partial charge in [-0.05, 0) is 18.3 Å². The molecular weight excluding hydrogens is 220 g/mol. The number of hydrogen-bond donors (Lipinski definition) is 0. The van der Waals surface area contributed by atoms with Crippen molar-refractivity contribution in [3.63, 3.8) is 0 Å². The minimum atomic E-state index is -1.06. The van der Waals surface area contributed by atoms with Crippen LogP contribution in [0.1, 0.15) is 53.9 Å². The Morgan fingerprint density at radius 3 is 1.94 bits per heavy atom. The fraction of sp³-hybridized carbons (Fsp3) is 0.846. The SMILES string of the molecule is CC(=O)OC1(OC(C)=O)CCCC1C(C)(C)C. The van der Waals surface area contributed by atoms with E-state index in [2.05, 4.69) is 20.8 Å². The first-order valence-corrected chi connectivity index (χ1v) is 6.06. The molecule has 0 radical (unpaired) electrons. The van der Waals surface area contributed by atoms with Gasteiger partial charge in [0.2, 0.25) is 0 Å². The lowest BCUT2D eigenvalue weighted by atomic mass is 9.77. The normalized spacial score (nSPS) is 23.2. The van der Waals surface area contributed by atoms with E-state index in [1.807, 2.05) is 0 Å². The Morgan fingerprint density at radius 2 is 1.59 bits per heavy atom. The van der Waals surface area contributed by atoms with Crippen LogP contribution in [-0.4, -0.2) is 17.7 Å². The largest absolute Gasteiger partial charge is 0.422 e. The maximum Gasteiger partial charge on any atom is 0.305 e. The van der Waals surface area contributed by atoms with Crippen LogP contribution in [-0.2, 0) is 19.1 Å². The standard InChI is InChI=1S/C13H22O4/c1-9(14)16-13(17-10(2)15)8-6-7-11(13)12(3,4)5/h11H,6-8H2,1-5H3. The maximum absolute atomic E-state index is 11.2. The van der Waals surface area contributed by atoms with Crippen LogP contribution in [0.5, 0.6) is 0 Å². The Balaban J connectivity index is 3.02. The zero-order valence-corrected chi connectivity index (χ0v) is 11.3. The van der Waals surface area contributed by atoms with Crippen molar-refractivity contribution in [3.8, 4) is 0 Å². The predicted octanol–water partition coefficient (Wildman–Crippen LogP) is 2.66. The molecule has 1 aliphatic rings. The van der Waals surface area contributed by atoms with Crippen LogP contribution in [0.4, 0.5) is 0 Å². The van der Waals surface area contributed by atoms with Crippen molar-refractivity contribution >= 4 is 11.9 Å². The van der Waals surface area contributed by atoms with Gasteiger partial charge < -0.3 is 9.47 Å². The Bertz CT molecular complexity index is 298. The molecule has 0 aliphatic heterocycles. The summed E-state index contributed by atoms with van der Waals surface area (Å²) in [5.74, 6) is -1.82. The van der Waals surface area contributed by atoms with Crippen molar-refractivity contribution in [3.05, 3.63) is 0 Å². The van der Waals surface area contributed by atoms with Crippen molar-refractivity contribution in [2.75, 3.05) is 0 Å². The Labute approximate surface area is 103 Å². The van der Waals surface area contributed by atoms with E-state index in [-0.39, 0.29) is 11.3 Å². The summed E-state index contributed by atoms with van der Waals surface area (Å²) in [6, 6.07) is 0. The van der Waals surface area contributed by atoms with Gasteiger partial charge in [0.1, 0.15) is 0 Å². The molecular formula is C13H22O4. The summed E-state index contributed by atoms with van der Waals surface area (Å²) in [7, 11) is 0. The second-order valence-electron chi connectivity index (χ2n) is 5.81. The van der Waals surface area contributed by atoms with E-state index in [4.69, 9.17) is 9.47 Å². The monoisotopic (exact) mass is 242 g/mol. The Kier molecular flexibility index (Phi) is 3.84. The molecule has 0 spiro atoms. The van der Waals surface area contributed by atoms with E-state index in [1.54, 1.807) is 0 Å². The van der Waals surface area contributed by atoms with Crippen LogP contribution < -0.4 is 0 Å². The van der Waals surface area contributed by atoms with Crippen LogP contribution >= 0.6 is 0 Å². The molecule has 0 amide bonds. The van der Waals surface area contributed by atoms with Crippen molar-refractivity contribution in [2.24, 2.45) is 11.3 Å². The number of carbonyl (C=O) groups is 2. The third-order valence-corrected chi connectivity index (χ3v) is 3.23. The summed E-state index contributed by atoms with van der Waals surface area (Å²) in [6.07, 6.45) is 2.40. The second-order valence-corrected chi connectivity index (χ2v) is 5.81. The molecule has 0 bridgehead atoms. The first-order chi connectivity index (χ1) is 7.67. The van der Waals surface area contributed by atoms with Gasteiger partial charge in [0.25, 0.3) is 5.79 Å². The summed E-state index contributed by atoms with van der Waals surface area (Å²) in [6.45, 7) is 8.92. The summed E-state index contributed by atoms with van der Waals surface area (Å²) >= 11 is 0. The minimum Gasteiger partial charge on any atom is -0.422 e. The summed E-state index contributed by atoms with van der Waals surface area (Å²) in [4.78, 5) is 22.5. The van der Waals surface area contributed by atoms with Gasteiger partial charge in [-0.25, -0.2) is 0 Å². The zero-order valence-electron chi connectivity index (χ0n) is 11.3. The van der Waals surface area contributed by atoms with Gasteiger partial charge in [0, 0.05) is 26.2 Å². The summed E-state index contributed by atoms with van der Waals surface area (Å²) < 4.78 is 10.7. The molecule has 1 rings (SSSR count). The number of ether oxygens (including phenoxy) is 2.